The SMILES string of the molecule is O=C(O)CCc1ccc(C(c2cc(F)ccc2F)S(=O)(=O)c2ccc(Cl)cc2)nc1. The van der Waals surface area contributed by atoms with Crippen LogP contribution >= 0.6 is 11.6 Å². The molecule has 1 aromatic heterocycles. The number of halogens is 3. The Bertz CT molecular complexity index is 1170. The smallest absolute Gasteiger partial charge is 0.303 e. The molecule has 1 atom stereocenters. The Morgan fingerprint density at radius 3 is 2.37 bits per heavy atom. The van der Waals surface area contributed by atoms with Crippen molar-refractivity contribution in [1.82, 2.24) is 4.98 Å². The maximum Gasteiger partial charge on any atom is 0.303 e. The number of aliphatic carboxylic acids is 1. The summed E-state index contributed by atoms with van der Waals surface area (Å²) in [7, 11) is -4.22. The van der Waals surface area contributed by atoms with Crippen LogP contribution in [-0.2, 0) is 21.1 Å². The van der Waals surface area contributed by atoms with Crippen LogP contribution in [0.25, 0.3) is 0 Å². The van der Waals surface area contributed by atoms with Gasteiger partial charge in [-0.25, -0.2) is 17.2 Å². The van der Waals surface area contributed by atoms with E-state index in [1.54, 1.807) is 0 Å². The number of sulfone groups is 1. The normalized spacial score (nSPS) is 12.5. The molecule has 0 bridgehead atoms. The molecule has 5 nitrogen and oxygen atoms in total. The Morgan fingerprint density at radius 2 is 1.77 bits per heavy atom. The number of carboxylic acid groups (broad SMARTS) is 1. The minimum atomic E-state index is -4.22. The molecule has 0 aliphatic carbocycles. The van der Waals surface area contributed by atoms with Gasteiger partial charge in [-0.3, -0.25) is 9.78 Å². The van der Waals surface area contributed by atoms with E-state index >= 15 is 0 Å². The van der Waals surface area contributed by atoms with Gasteiger partial charge in [-0.05, 0) is 60.5 Å². The van der Waals surface area contributed by atoms with Gasteiger partial charge in [0.05, 0.1) is 10.6 Å². The third kappa shape index (κ3) is 4.83. The highest BCUT2D eigenvalue weighted by Gasteiger charge is 2.34. The van der Waals surface area contributed by atoms with Gasteiger partial charge in [0.25, 0.3) is 0 Å². The molecule has 0 radical (unpaired) electrons. The zero-order valence-electron chi connectivity index (χ0n) is 15.4. The molecule has 0 aliphatic rings. The summed E-state index contributed by atoms with van der Waals surface area (Å²) < 4.78 is 55.1. The van der Waals surface area contributed by atoms with Crippen molar-refractivity contribution in [3.63, 3.8) is 0 Å². The van der Waals surface area contributed by atoms with E-state index in [1.807, 2.05) is 0 Å². The van der Waals surface area contributed by atoms with Gasteiger partial charge in [0.15, 0.2) is 9.84 Å². The molecule has 3 rings (SSSR count). The molecule has 30 heavy (non-hydrogen) atoms. The molecule has 1 unspecified atom stereocenters. The fraction of sp³-hybridized carbons (Fsp3) is 0.143. The third-order valence-corrected chi connectivity index (χ3v) is 6.73. The van der Waals surface area contributed by atoms with Gasteiger partial charge in [-0.1, -0.05) is 17.7 Å². The van der Waals surface area contributed by atoms with Crippen molar-refractivity contribution in [2.24, 2.45) is 0 Å². The Hall–Kier alpha value is -2.84. The van der Waals surface area contributed by atoms with Crippen LogP contribution in [0.4, 0.5) is 8.78 Å². The number of aryl methyl sites for hydroxylation is 1. The Balaban J connectivity index is 2.12. The van der Waals surface area contributed by atoms with E-state index < -0.39 is 32.7 Å². The van der Waals surface area contributed by atoms with Crippen LogP contribution in [0.1, 0.15) is 28.5 Å². The molecule has 0 saturated carbocycles. The van der Waals surface area contributed by atoms with E-state index in [4.69, 9.17) is 16.7 Å². The number of benzene rings is 2. The van der Waals surface area contributed by atoms with E-state index in [0.717, 1.165) is 18.2 Å². The summed E-state index contributed by atoms with van der Waals surface area (Å²) in [6, 6.07) is 10.8. The van der Waals surface area contributed by atoms with Crippen molar-refractivity contribution in [2.75, 3.05) is 0 Å². The summed E-state index contributed by atoms with van der Waals surface area (Å²) in [4.78, 5) is 14.7. The van der Waals surface area contributed by atoms with Gasteiger partial charge in [-0.2, -0.15) is 0 Å². The average Bonchev–Trinajstić information content (AvgIpc) is 2.70. The molecular formula is C21H16ClF2NO4S. The predicted octanol–water partition coefficient (Wildman–Crippen LogP) is 4.59. The maximum absolute atomic E-state index is 14.6. The zero-order valence-corrected chi connectivity index (χ0v) is 17.0. The van der Waals surface area contributed by atoms with Gasteiger partial charge < -0.3 is 5.11 Å². The quantitative estimate of drug-likeness (QED) is 0.567. The average molecular weight is 452 g/mol. The number of nitrogens with zero attached hydrogens (tertiary/aromatic N) is 1. The topological polar surface area (TPSA) is 84.3 Å². The molecule has 0 spiro atoms. The molecule has 1 N–H and O–H groups in total. The van der Waals surface area contributed by atoms with Gasteiger partial charge in [0.1, 0.15) is 16.9 Å². The van der Waals surface area contributed by atoms with Gasteiger partial charge in [-0.15, -0.1) is 0 Å². The summed E-state index contributed by atoms with van der Waals surface area (Å²) in [6.07, 6.45) is 1.41. The number of hydrogen-bond donors (Lipinski definition) is 1. The van der Waals surface area contributed by atoms with Crippen molar-refractivity contribution >= 4 is 27.4 Å². The largest absolute Gasteiger partial charge is 0.481 e. The van der Waals surface area contributed by atoms with Crippen LogP contribution < -0.4 is 0 Å². The summed E-state index contributed by atoms with van der Waals surface area (Å²) in [5.41, 5.74) is 0.174. The third-order valence-electron chi connectivity index (χ3n) is 4.44. The second-order valence-corrected chi connectivity index (χ2v) is 9.00. The lowest BCUT2D eigenvalue weighted by Gasteiger charge is -2.19. The molecule has 1 heterocycles. The van der Waals surface area contributed by atoms with Crippen molar-refractivity contribution in [3.05, 3.63) is 94.3 Å². The van der Waals surface area contributed by atoms with Gasteiger partial charge in [0, 0.05) is 23.2 Å². The first-order valence-electron chi connectivity index (χ1n) is 8.79. The number of pyridine rings is 1. The Kier molecular flexibility index (Phi) is 6.48. The molecule has 9 heteroatoms. The highest BCUT2D eigenvalue weighted by molar-refractivity contribution is 7.91. The molecule has 0 aliphatic heterocycles. The predicted molar refractivity (Wildman–Crippen MR) is 107 cm³/mol. The summed E-state index contributed by atoms with van der Waals surface area (Å²) in [5.74, 6) is -2.67. The number of aromatic nitrogens is 1. The van der Waals surface area contributed by atoms with Crippen LogP contribution in [0, 0.1) is 11.6 Å². The van der Waals surface area contributed by atoms with Crippen molar-refractivity contribution in [2.45, 2.75) is 23.0 Å². The fourth-order valence-electron chi connectivity index (χ4n) is 2.95. The van der Waals surface area contributed by atoms with E-state index in [1.165, 1.54) is 42.6 Å². The fourth-order valence-corrected chi connectivity index (χ4v) is 4.84. The van der Waals surface area contributed by atoms with Crippen molar-refractivity contribution in [3.8, 4) is 0 Å². The van der Waals surface area contributed by atoms with Gasteiger partial charge >= 0.3 is 5.97 Å². The van der Waals surface area contributed by atoms with E-state index in [-0.39, 0.29) is 29.0 Å². The summed E-state index contributed by atoms with van der Waals surface area (Å²) in [5, 5.41) is 7.50. The van der Waals surface area contributed by atoms with Crippen LogP contribution in [-0.4, -0.2) is 24.5 Å². The number of rotatable bonds is 7. The van der Waals surface area contributed by atoms with Crippen LogP contribution in [0.15, 0.2) is 65.7 Å². The molecule has 2 aromatic carbocycles. The lowest BCUT2D eigenvalue weighted by Crippen LogP contribution is -2.18. The summed E-state index contributed by atoms with van der Waals surface area (Å²) >= 11 is 5.83. The van der Waals surface area contributed by atoms with E-state index in [9.17, 15) is 22.0 Å². The van der Waals surface area contributed by atoms with Crippen molar-refractivity contribution < 1.29 is 27.1 Å². The molecule has 156 valence electrons. The first-order chi connectivity index (χ1) is 14.2. The van der Waals surface area contributed by atoms with E-state index in [2.05, 4.69) is 4.98 Å². The maximum atomic E-state index is 14.6. The second-order valence-electron chi connectivity index (χ2n) is 6.53. The standard InChI is InChI=1S/C21H16ClF2NO4S/c22-14-3-6-16(7-4-14)30(28,29)21(17-11-15(23)5-8-18(17)24)19-9-1-13(12-25-19)2-10-20(26)27/h1,3-9,11-12,21H,2,10H2,(H,26,27). The molecule has 3 aromatic rings. The first kappa shape index (κ1) is 21.9. The molecular weight excluding hydrogens is 436 g/mol. The van der Waals surface area contributed by atoms with Gasteiger partial charge in [0.2, 0.25) is 0 Å². The lowest BCUT2D eigenvalue weighted by atomic mass is 10.1. The lowest BCUT2D eigenvalue weighted by molar-refractivity contribution is -0.136. The zero-order chi connectivity index (χ0) is 21.9. The summed E-state index contributed by atoms with van der Waals surface area (Å²) in [6.45, 7) is 0. The molecule has 0 fully saturated rings. The van der Waals surface area contributed by atoms with Crippen molar-refractivity contribution in [1.29, 1.82) is 0 Å². The monoisotopic (exact) mass is 451 g/mol. The van der Waals surface area contributed by atoms with Crippen LogP contribution in [0.5, 0.6) is 0 Å². The van der Waals surface area contributed by atoms with Crippen LogP contribution in [0.3, 0.4) is 0 Å². The number of hydrogen-bond acceptors (Lipinski definition) is 4. The number of carboxylic acids is 1. The Morgan fingerprint density at radius 1 is 1.07 bits per heavy atom. The highest BCUT2D eigenvalue weighted by atomic mass is 35.5. The minimum absolute atomic E-state index is 0.0199. The molecule has 0 saturated heterocycles. The van der Waals surface area contributed by atoms with E-state index in [0.29, 0.717) is 10.6 Å². The second kappa shape index (κ2) is 8.89. The number of carbonyl (C=O) groups is 1. The van der Waals surface area contributed by atoms with Crippen LogP contribution in [0.2, 0.25) is 5.02 Å². The molecule has 0 amide bonds. The Labute approximate surface area is 176 Å². The minimum Gasteiger partial charge on any atom is -0.481 e. The highest BCUT2D eigenvalue weighted by Crippen LogP contribution is 2.36. The first-order valence-corrected chi connectivity index (χ1v) is 10.7.